The molecule has 4 aromatic rings. The van der Waals surface area contributed by atoms with Crippen molar-refractivity contribution < 1.29 is 4.52 Å². The van der Waals surface area contributed by atoms with Gasteiger partial charge >= 0.3 is 0 Å². The predicted molar refractivity (Wildman–Crippen MR) is 122 cm³/mol. The van der Waals surface area contributed by atoms with Gasteiger partial charge in [-0.25, -0.2) is 9.39 Å². The van der Waals surface area contributed by atoms with E-state index in [0.717, 1.165) is 35.3 Å². The highest BCUT2D eigenvalue weighted by Gasteiger charge is 2.25. The van der Waals surface area contributed by atoms with Crippen LogP contribution in [0.1, 0.15) is 43.5 Å². The van der Waals surface area contributed by atoms with Crippen LogP contribution < -0.4 is 5.56 Å². The second-order valence-electron chi connectivity index (χ2n) is 7.37. The van der Waals surface area contributed by atoms with Gasteiger partial charge in [-0.2, -0.15) is 4.98 Å². The molecule has 9 nitrogen and oxygen atoms in total. The van der Waals surface area contributed by atoms with Crippen molar-refractivity contribution >= 4 is 43.5 Å². The molecule has 1 aliphatic heterocycles. The maximum absolute atomic E-state index is 13.2. The van der Waals surface area contributed by atoms with Crippen LogP contribution in [0.5, 0.6) is 0 Å². The summed E-state index contributed by atoms with van der Waals surface area (Å²) in [6, 6.07) is 3.90. The molecule has 0 atom stereocenters. The van der Waals surface area contributed by atoms with Gasteiger partial charge in [0.2, 0.25) is 17.5 Å². The Morgan fingerprint density at radius 1 is 1.26 bits per heavy atom. The number of fused-ring (bicyclic) bond motifs is 2. The van der Waals surface area contributed by atoms with Crippen LogP contribution in [0.15, 0.2) is 31.8 Å². The summed E-state index contributed by atoms with van der Waals surface area (Å²) in [4.78, 5) is 23.2. The lowest BCUT2D eigenvalue weighted by Crippen LogP contribution is -2.24. The largest absolute Gasteiger partial charge is 0.339 e. The molecular weight excluding hydrogens is 482 g/mol. The van der Waals surface area contributed by atoms with Crippen LogP contribution in [-0.4, -0.2) is 33.9 Å². The lowest BCUT2D eigenvalue weighted by Gasteiger charge is -2.12. The number of aliphatic imine (C=N–C) groups is 1. The first-order valence-corrected chi connectivity index (χ1v) is 11.9. The monoisotopic (exact) mass is 501 g/mol. The molecule has 0 bridgehead atoms. The minimum atomic E-state index is -0.111. The van der Waals surface area contributed by atoms with Gasteiger partial charge < -0.3 is 4.52 Å². The Bertz CT molecular complexity index is 1320. The van der Waals surface area contributed by atoms with E-state index in [1.807, 2.05) is 22.1 Å². The minimum absolute atomic E-state index is 0.111. The third-order valence-electron chi connectivity index (χ3n) is 5.25. The van der Waals surface area contributed by atoms with Crippen molar-refractivity contribution in [1.29, 1.82) is 0 Å². The zero-order valence-electron chi connectivity index (χ0n) is 16.9. The number of hydrogen-bond acceptors (Lipinski definition) is 8. The Morgan fingerprint density at radius 2 is 2.16 bits per heavy atom. The summed E-state index contributed by atoms with van der Waals surface area (Å²) in [5.74, 6) is 2.90. The van der Waals surface area contributed by atoms with Gasteiger partial charge in [0.15, 0.2) is 0 Å². The molecule has 1 aliphatic rings. The van der Waals surface area contributed by atoms with Crippen LogP contribution >= 0.6 is 27.3 Å². The van der Waals surface area contributed by atoms with E-state index >= 15 is 0 Å². The van der Waals surface area contributed by atoms with Crippen molar-refractivity contribution in [2.45, 2.75) is 52.0 Å². The van der Waals surface area contributed by atoms with Gasteiger partial charge in [-0.3, -0.25) is 9.36 Å². The third-order valence-corrected chi connectivity index (χ3v) is 6.57. The Kier molecular flexibility index (Phi) is 5.53. The molecule has 4 aromatic heterocycles. The topological polar surface area (TPSA) is 103 Å². The first-order chi connectivity index (χ1) is 15.2. The summed E-state index contributed by atoms with van der Waals surface area (Å²) in [6.45, 7) is 2.91. The van der Waals surface area contributed by atoms with Crippen molar-refractivity contribution in [3.63, 3.8) is 0 Å². The van der Waals surface area contributed by atoms with Gasteiger partial charge in [0.05, 0.1) is 15.1 Å². The normalized spacial score (nSPS) is 13.2. The standard InChI is InChI=1S/C20H20BrN7O2S/c1-2-3-4-9-27-18-12(11-14(21)22-18)19(29)28-15(24-25-20(27)28)7-8-16-23-17(26-30-16)13-6-5-10-31-13/h5-6,10H,2-4,7-9,11H2,1H3. The van der Waals surface area contributed by atoms with Gasteiger partial charge in [-0.05, 0) is 33.8 Å². The minimum Gasteiger partial charge on any atom is -0.339 e. The third kappa shape index (κ3) is 3.76. The number of aryl methyl sites for hydroxylation is 3. The zero-order valence-corrected chi connectivity index (χ0v) is 19.3. The van der Waals surface area contributed by atoms with Gasteiger partial charge in [-0.15, -0.1) is 21.5 Å². The summed E-state index contributed by atoms with van der Waals surface area (Å²) >= 11 is 5.01. The van der Waals surface area contributed by atoms with Crippen LogP contribution in [0.4, 0.5) is 5.82 Å². The number of halogens is 1. The Labute approximate surface area is 190 Å². The van der Waals surface area contributed by atoms with E-state index in [1.165, 1.54) is 0 Å². The second-order valence-corrected chi connectivity index (χ2v) is 9.23. The average molecular weight is 502 g/mol. The Balaban J connectivity index is 1.46. The van der Waals surface area contributed by atoms with Gasteiger partial charge in [0.1, 0.15) is 11.6 Å². The fourth-order valence-corrected chi connectivity index (χ4v) is 4.83. The molecule has 5 rings (SSSR count). The fourth-order valence-electron chi connectivity index (χ4n) is 3.73. The van der Waals surface area contributed by atoms with Crippen molar-refractivity contribution in [3.8, 4) is 10.7 Å². The number of nitrogens with zero attached hydrogens (tertiary/aromatic N) is 7. The molecule has 11 heteroatoms. The number of rotatable bonds is 8. The maximum Gasteiger partial charge on any atom is 0.266 e. The lowest BCUT2D eigenvalue weighted by atomic mass is 10.2. The van der Waals surface area contributed by atoms with E-state index in [9.17, 15) is 4.79 Å². The smallest absolute Gasteiger partial charge is 0.266 e. The van der Waals surface area contributed by atoms with Crippen molar-refractivity contribution in [2.24, 2.45) is 4.99 Å². The van der Waals surface area contributed by atoms with E-state index in [1.54, 1.807) is 15.7 Å². The molecule has 0 aliphatic carbocycles. The van der Waals surface area contributed by atoms with Gasteiger partial charge in [0, 0.05) is 25.8 Å². The summed E-state index contributed by atoms with van der Waals surface area (Å²) in [6.07, 6.45) is 4.64. The summed E-state index contributed by atoms with van der Waals surface area (Å²) < 4.78 is 9.78. The molecule has 0 unspecified atom stereocenters. The number of hydrogen-bond donors (Lipinski definition) is 0. The van der Waals surface area contributed by atoms with Crippen molar-refractivity contribution in [1.82, 2.24) is 29.3 Å². The van der Waals surface area contributed by atoms with E-state index < -0.39 is 0 Å². The maximum atomic E-state index is 13.2. The lowest BCUT2D eigenvalue weighted by molar-refractivity contribution is 0.378. The fraction of sp³-hybridized carbons (Fsp3) is 0.400. The quantitative estimate of drug-likeness (QED) is 0.338. The SMILES string of the molecule is CCCCCn1c2c(c(=O)n3c(CCc4nc(-c5cccs5)no4)nnc13)CC(Br)=N2. The molecule has 160 valence electrons. The van der Waals surface area contributed by atoms with Gasteiger partial charge in [0.25, 0.3) is 5.56 Å². The summed E-state index contributed by atoms with van der Waals surface area (Å²) in [5.41, 5.74) is 0.564. The molecule has 0 spiro atoms. The molecule has 0 amide bonds. The van der Waals surface area contributed by atoms with Crippen LogP contribution in [0.2, 0.25) is 0 Å². The molecule has 0 N–H and O–H groups in total. The Morgan fingerprint density at radius 3 is 2.97 bits per heavy atom. The average Bonchev–Trinajstić information content (AvgIpc) is 3.55. The summed E-state index contributed by atoms with van der Waals surface area (Å²) in [5, 5.41) is 14.7. The zero-order chi connectivity index (χ0) is 21.4. The van der Waals surface area contributed by atoms with Crippen molar-refractivity contribution in [2.75, 3.05) is 0 Å². The van der Waals surface area contributed by atoms with E-state index in [-0.39, 0.29) is 5.56 Å². The first kappa shape index (κ1) is 20.3. The Hall–Kier alpha value is -2.66. The van der Waals surface area contributed by atoms with Gasteiger partial charge in [-0.1, -0.05) is 31.0 Å². The highest BCUT2D eigenvalue weighted by atomic mass is 79.9. The van der Waals surface area contributed by atoms with Crippen LogP contribution in [0, 0.1) is 0 Å². The number of thiophene rings is 1. The predicted octanol–water partition coefficient (Wildman–Crippen LogP) is 3.96. The van der Waals surface area contributed by atoms with Crippen molar-refractivity contribution in [3.05, 3.63) is 45.1 Å². The highest BCUT2D eigenvalue weighted by molar-refractivity contribution is 9.18. The molecule has 0 radical (unpaired) electrons. The molecule has 5 heterocycles. The molecule has 0 aromatic carbocycles. The van der Waals surface area contributed by atoms with E-state index in [0.29, 0.717) is 54.0 Å². The number of aromatic nitrogens is 6. The highest BCUT2D eigenvalue weighted by Crippen LogP contribution is 2.28. The summed E-state index contributed by atoms with van der Waals surface area (Å²) in [7, 11) is 0. The van der Waals surface area contributed by atoms with Crippen LogP contribution in [0.25, 0.3) is 16.5 Å². The van der Waals surface area contributed by atoms with E-state index in [4.69, 9.17) is 4.52 Å². The molecule has 31 heavy (non-hydrogen) atoms. The van der Waals surface area contributed by atoms with Crippen LogP contribution in [-0.2, 0) is 25.8 Å². The number of unbranched alkanes of at least 4 members (excludes halogenated alkanes) is 2. The first-order valence-electron chi connectivity index (χ1n) is 10.2. The van der Waals surface area contributed by atoms with E-state index in [2.05, 4.69) is 48.2 Å². The molecule has 0 saturated heterocycles. The van der Waals surface area contributed by atoms with Crippen LogP contribution in [0.3, 0.4) is 0 Å². The molecule has 0 saturated carbocycles. The molecular formula is C20H20BrN7O2S. The second kappa shape index (κ2) is 8.46. The molecule has 0 fully saturated rings.